The van der Waals surface area contributed by atoms with E-state index < -0.39 is 9.84 Å². The molecule has 1 fully saturated rings. The van der Waals surface area contributed by atoms with Crippen LogP contribution >= 0.6 is 24.0 Å². The van der Waals surface area contributed by atoms with Crippen LogP contribution in [-0.2, 0) is 9.84 Å². The van der Waals surface area contributed by atoms with Crippen molar-refractivity contribution in [3.8, 4) is 5.75 Å². The molecule has 2 N–H and O–H groups in total. The van der Waals surface area contributed by atoms with Gasteiger partial charge in [0, 0.05) is 32.0 Å². The first kappa shape index (κ1) is 24.0. The maximum Gasteiger partial charge on any atom is 0.191 e. The summed E-state index contributed by atoms with van der Waals surface area (Å²) in [6.07, 6.45) is 3.63. The zero-order valence-electron chi connectivity index (χ0n) is 16.3. The van der Waals surface area contributed by atoms with E-state index in [0.29, 0.717) is 19.0 Å². The third-order valence-corrected chi connectivity index (χ3v) is 5.48. The molecule has 0 radical (unpaired) electrons. The molecule has 1 aromatic rings. The average molecular weight is 510 g/mol. The second-order valence-electron chi connectivity index (χ2n) is 6.51. The van der Waals surface area contributed by atoms with E-state index in [2.05, 4.69) is 26.6 Å². The lowest BCUT2D eigenvalue weighted by Crippen LogP contribution is -2.43. The second kappa shape index (κ2) is 11.7. The number of para-hydroxylation sites is 1. The molecule has 27 heavy (non-hydrogen) atoms. The van der Waals surface area contributed by atoms with Crippen molar-refractivity contribution in [1.29, 1.82) is 0 Å². The van der Waals surface area contributed by atoms with Crippen LogP contribution in [0.1, 0.15) is 24.4 Å². The van der Waals surface area contributed by atoms with E-state index in [4.69, 9.17) is 4.74 Å². The minimum Gasteiger partial charge on any atom is -0.496 e. The van der Waals surface area contributed by atoms with Crippen molar-refractivity contribution >= 4 is 39.8 Å². The fourth-order valence-corrected chi connectivity index (χ4v) is 3.67. The van der Waals surface area contributed by atoms with Gasteiger partial charge in [-0.05, 0) is 32.0 Å². The van der Waals surface area contributed by atoms with Gasteiger partial charge in [0.1, 0.15) is 15.6 Å². The van der Waals surface area contributed by atoms with Gasteiger partial charge in [-0.25, -0.2) is 8.42 Å². The zero-order chi connectivity index (χ0) is 19.0. The number of nitrogens with zero attached hydrogens (tertiary/aromatic N) is 2. The van der Waals surface area contributed by atoms with Crippen LogP contribution in [0.4, 0.5) is 0 Å². The highest BCUT2D eigenvalue weighted by molar-refractivity contribution is 14.0. The molecule has 1 atom stereocenters. The summed E-state index contributed by atoms with van der Waals surface area (Å²) in [6, 6.07) is 8.26. The summed E-state index contributed by atoms with van der Waals surface area (Å²) in [6.45, 7) is 3.12. The minimum atomic E-state index is -2.99. The van der Waals surface area contributed by atoms with Gasteiger partial charge in [-0.2, -0.15) is 0 Å². The number of hydrogen-bond donors (Lipinski definition) is 2. The van der Waals surface area contributed by atoms with E-state index in [0.717, 1.165) is 24.4 Å². The number of ether oxygens (including phenoxy) is 1. The molecule has 0 aromatic heterocycles. The van der Waals surface area contributed by atoms with Gasteiger partial charge < -0.3 is 15.4 Å². The van der Waals surface area contributed by atoms with Gasteiger partial charge in [0.05, 0.1) is 18.9 Å². The molecule has 1 unspecified atom stereocenters. The van der Waals surface area contributed by atoms with Gasteiger partial charge in [-0.15, -0.1) is 24.0 Å². The van der Waals surface area contributed by atoms with Crippen molar-refractivity contribution in [1.82, 2.24) is 15.5 Å². The molecule has 0 saturated carbocycles. The van der Waals surface area contributed by atoms with Crippen LogP contribution in [0.25, 0.3) is 0 Å². The van der Waals surface area contributed by atoms with Crippen LogP contribution in [0.2, 0.25) is 0 Å². The van der Waals surface area contributed by atoms with Crippen LogP contribution in [0, 0.1) is 0 Å². The van der Waals surface area contributed by atoms with Gasteiger partial charge in [0.2, 0.25) is 0 Å². The van der Waals surface area contributed by atoms with E-state index in [1.807, 2.05) is 18.2 Å². The molecule has 2 rings (SSSR count). The quantitative estimate of drug-likeness (QED) is 0.315. The smallest absolute Gasteiger partial charge is 0.191 e. The number of methoxy groups -OCH3 is 1. The summed E-state index contributed by atoms with van der Waals surface area (Å²) >= 11 is 0. The summed E-state index contributed by atoms with van der Waals surface area (Å²) in [5.41, 5.74) is 1.15. The Kier molecular flexibility index (Phi) is 10.4. The molecule has 9 heteroatoms. The molecule has 7 nitrogen and oxygen atoms in total. The van der Waals surface area contributed by atoms with Crippen molar-refractivity contribution in [2.45, 2.75) is 18.9 Å². The summed E-state index contributed by atoms with van der Waals surface area (Å²) in [7, 11) is 0.383. The van der Waals surface area contributed by atoms with Crippen LogP contribution < -0.4 is 15.4 Å². The summed E-state index contributed by atoms with van der Waals surface area (Å²) < 4.78 is 28.1. The Morgan fingerprint density at radius 2 is 1.93 bits per heavy atom. The molecule has 0 aliphatic carbocycles. The van der Waals surface area contributed by atoms with E-state index in [1.54, 1.807) is 14.2 Å². The molecule has 0 spiro atoms. The van der Waals surface area contributed by atoms with Crippen LogP contribution in [0.3, 0.4) is 0 Å². The predicted molar refractivity (Wildman–Crippen MR) is 121 cm³/mol. The molecule has 1 aromatic carbocycles. The number of likely N-dealkylation sites (tertiary alicyclic amines) is 1. The lowest BCUT2D eigenvalue weighted by Gasteiger charge is -2.30. The third-order valence-electron chi connectivity index (χ3n) is 4.53. The number of benzene rings is 1. The predicted octanol–water partition coefficient (Wildman–Crippen LogP) is 1.66. The van der Waals surface area contributed by atoms with E-state index in [-0.39, 0.29) is 35.8 Å². The topological polar surface area (TPSA) is 83.0 Å². The third kappa shape index (κ3) is 7.82. The van der Waals surface area contributed by atoms with Gasteiger partial charge in [0.15, 0.2) is 5.96 Å². The maximum absolute atomic E-state index is 11.3. The van der Waals surface area contributed by atoms with Gasteiger partial charge in [-0.1, -0.05) is 18.2 Å². The largest absolute Gasteiger partial charge is 0.496 e. The highest BCUT2D eigenvalue weighted by Gasteiger charge is 2.26. The van der Waals surface area contributed by atoms with Crippen LogP contribution in [0.5, 0.6) is 5.75 Å². The lowest BCUT2D eigenvalue weighted by atomic mass is 10.0. The molecule has 1 aliphatic heterocycles. The Morgan fingerprint density at radius 3 is 2.52 bits per heavy atom. The SMILES string of the molecule is CN=C(NCCS(C)(=O)=O)NCC(c1ccccc1OC)N1CCCC1.I. The van der Waals surface area contributed by atoms with Gasteiger partial charge >= 0.3 is 0 Å². The molecule has 154 valence electrons. The molecule has 0 bridgehead atoms. The molecular weight excluding hydrogens is 479 g/mol. The van der Waals surface area contributed by atoms with E-state index in [9.17, 15) is 8.42 Å². The fraction of sp³-hybridized carbons (Fsp3) is 0.611. The standard InChI is InChI=1S/C18H30N4O3S.HI/c1-19-18(20-10-13-26(3,23)24)21-14-16(22-11-6-7-12-22)15-8-4-5-9-17(15)25-2;/h4-5,8-9,16H,6-7,10-14H2,1-3H3,(H2,19,20,21);1H. The minimum absolute atomic E-state index is 0. The normalized spacial score (nSPS) is 16.5. The van der Waals surface area contributed by atoms with Crippen molar-refractivity contribution in [3.63, 3.8) is 0 Å². The van der Waals surface area contributed by atoms with Gasteiger partial charge in [-0.3, -0.25) is 9.89 Å². The summed E-state index contributed by atoms with van der Waals surface area (Å²) in [5.74, 6) is 1.56. The van der Waals surface area contributed by atoms with Crippen LogP contribution in [0.15, 0.2) is 29.3 Å². The van der Waals surface area contributed by atoms with Crippen molar-refractivity contribution in [2.24, 2.45) is 4.99 Å². The highest BCUT2D eigenvalue weighted by Crippen LogP contribution is 2.31. The summed E-state index contributed by atoms with van der Waals surface area (Å²) in [4.78, 5) is 6.65. The number of nitrogens with one attached hydrogen (secondary N) is 2. The first-order valence-corrected chi connectivity index (χ1v) is 11.0. The number of rotatable bonds is 8. The lowest BCUT2D eigenvalue weighted by molar-refractivity contribution is 0.239. The molecule has 1 heterocycles. The van der Waals surface area contributed by atoms with Crippen molar-refractivity contribution < 1.29 is 13.2 Å². The Labute approximate surface area is 179 Å². The first-order valence-electron chi connectivity index (χ1n) is 8.94. The Hall–Kier alpha value is -1.07. The monoisotopic (exact) mass is 510 g/mol. The average Bonchev–Trinajstić information content (AvgIpc) is 3.14. The second-order valence-corrected chi connectivity index (χ2v) is 8.77. The first-order chi connectivity index (χ1) is 12.4. The fourth-order valence-electron chi connectivity index (χ4n) is 3.20. The highest BCUT2D eigenvalue weighted by atomic mass is 127. The Morgan fingerprint density at radius 1 is 1.26 bits per heavy atom. The van der Waals surface area contributed by atoms with Crippen molar-refractivity contribution in [2.75, 3.05) is 52.3 Å². The van der Waals surface area contributed by atoms with E-state index >= 15 is 0 Å². The number of hydrogen-bond acceptors (Lipinski definition) is 5. The van der Waals surface area contributed by atoms with E-state index in [1.165, 1.54) is 19.1 Å². The molecular formula is C18H31IN4O3S. The van der Waals surface area contributed by atoms with Crippen molar-refractivity contribution in [3.05, 3.63) is 29.8 Å². The number of halogens is 1. The molecule has 0 amide bonds. The zero-order valence-corrected chi connectivity index (χ0v) is 19.4. The van der Waals surface area contributed by atoms with Gasteiger partial charge in [0.25, 0.3) is 0 Å². The molecule has 1 aliphatic rings. The number of aliphatic imine (C=N–C) groups is 1. The Bertz CT molecular complexity index is 706. The maximum atomic E-state index is 11.3. The van der Waals surface area contributed by atoms with Crippen LogP contribution in [-0.4, -0.2) is 71.6 Å². The number of guanidine groups is 1. The molecule has 1 saturated heterocycles. The number of sulfone groups is 1. The summed E-state index contributed by atoms with van der Waals surface area (Å²) in [5, 5.41) is 6.39. The Balaban J connectivity index is 0.00000364.